The van der Waals surface area contributed by atoms with Gasteiger partial charge < -0.3 is 5.11 Å². The number of hydrogen-bond donors (Lipinski definition) is 1. The maximum atomic E-state index is 13.4. The van der Waals surface area contributed by atoms with Crippen LogP contribution in [-0.2, 0) is 12.0 Å². The molecule has 0 saturated heterocycles. The summed E-state index contributed by atoms with van der Waals surface area (Å²) in [4.78, 5) is 0. The first-order valence-corrected chi connectivity index (χ1v) is 6.98. The van der Waals surface area contributed by atoms with Crippen LogP contribution in [0.25, 0.3) is 0 Å². The molecule has 0 fully saturated rings. The monoisotopic (exact) mass is 342 g/mol. The van der Waals surface area contributed by atoms with Crippen molar-refractivity contribution >= 4 is 27.5 Å². The highest BCUT2D eigenvalue weighted by Gasteiger charge is 2.24. The van der Waals surface area contributed by atoms with E-state index in [1.807, 2.05) is 24.3 Å². The van der Waals surface area contributed by atoms with Crippen LogP contribution < -0.4 is 0 Å². The van der Waals surface area contributed by atoms with Crippen LogP contribution in [0.15, 0.2) is 46.9 Å². The van der Waals surface area contributed by atoms with E-state index in [0.29, 0.717) is 12.0 Å². The van der Waals surface area contributed by atoms with Gasteiger partial charge in [-0.3, -0.25) is 0 Å². The van der Waals surface area contributed by atoms with Crippen LogP contribution in [0, 0.1) is 5.82 Å². The van der Waals surface area contributed by atoms with Crippen LogP contribution in [0.5, 0.6) is 0 Å². The van der Waals surface area contributed by atoms with E-state index in [4.69, 9.17) is 11.6 Å². The first kappa shape index (κ1) is 14.5. The molecule has 4 heteroatoms. The molecule has 2 rings (SSSR count). The van der Waals surface area contributed by atoms with Crippen LogP contribution in [0.4, 0.5) is 4.39 Å². The molecular weight excluding hydrogens is 331 g/mol. The van der Waals surface area contributed by atoms with Gasteiger partial charge in [-0.15, -0.1) is 0 Å². The fourth-order valence-corrected chi connectivity index (χ4v) is 2.49. The highest BCUT2D eigenvalue weighted by molar-refractivity contribution is 9.10. The summed E-state index contributed by atoms with van der Waals surface area (Å²) >= 11 is 9.02. The summed E-state index contributed by atoms with van der Waals surface area (Å²) in [6.07, 6.45) is 0.317. The van der Waals surface area contributed by atoms with Crippen molar-refractivity contribution in [3.05, 3.63) is 68.9 Å². The molecule has 0 aliphatic carbocycles. The first-order valence-electron chi connectivity index (χ1n) is 5.81. The number of rotatable bonds is 3. The molecule has 100 valence electrons. The van der Waals surface area contributed by atoms with Crippen LogP contribution in [0.2, 0.25) is 5.02 Å². The van der Waals surface area contributed by atoms with Gasteiger partial charge in [0, 0.05) is 10.9 Å². The van der Waals surface area contributed by atoms with E-state index in [1.165, 1.54) is 12.1 Å². The van der Waals surface area contributed by atoms with Crippen LogP contribution in [-0.4, -0.2) is 5.11 Å². The van der Waals surface area contributed by atoms with Crippen molar-refractivity contribution in [3.8, 4) is 0 Å². The van der Waals surface area contributed by atoms with Gasteiger partial charge in [0.05, 0.1) is 10.6 Å². The summed E-state index contributed by atoms with van der Waals surface area (Å²) in [5, 5.41) is 10.6. The molecule has 2 aromatic carbocycles. The standard InChI is InChI=1S/C15H13BrClFO/c1-15(19,11-3-2-4-12(16)8-11)9-10-5-6-13(17)14(18)7-10/h2-8,19H,9H2,1H3. The number of hydrogen-bond acceptors (Lipinski definition) is 1. The summed E-state index contributed by atoms with van der Waals surface area (Å²) in [5.74, 6) is -0.468. The summed E-state index contributed by atoms with van der Waals surface area (Å²) < 4.78 is 14.3. The van der Waals surface area contributed by atoms with Gasteiger partial charge >= 0.3 is 0 Å². The molecule has 0 bridgehead atoms. The third-order valence-corrected chi connectivity index (χ3v) is 3.78. The van der Waals surface area contributed by atoms with Gasteiger partial charge in [-0.2, -0.15) is 0 Å². The van der Waals surface area contributed by atoms with Crippen molar-refractivity contribution in [2.75, 3.05) is 0 Å². The Bertz CT molecular complexity index is 598. The maximum absolute atomic E-state index is 13.4. The van der Waals surface area contributed by atoms with Crippen LogP contribution in [0.1, 0.15) is 18.1 Å². The SMILES string of the molecule is CC(O)(Cc1ccc(Cl)c(F)c1)c1cccc(Br)c1. The van der Waals surface area contributed by atoms with Gasteiger partial charge in [0.15, 0.2) is 0 Å². The molecule has 0 heterocycles. The largest absolute Gasteiger partial charge is 0.385 e. The average Bonchev–Trinajstić information content (AvgIpc) is 2.33. The number of halogens is 3. The highest BCUT2D eigenvalue weighted by atomic mass is 79.9. The van der Waals surface area contributed by atoms with Gasteiger partial charge in [0.25, 0.3) is 0 Å². The van der Waals surface area contributed by atoms with Crippen molar-refractivity contribution in [1.29, 1.82) is 0 Å². The lowest BCUT2D eigenvalue weighted by Gasteiger charge is -2.24. The summed E-state index contributed by atoms with van der Waals surface area (Å²) in [6, 6.07) is 12.0. The zero-order chi connectivity index (χ0) is 14.0. The molecule has 0 amide bonds. The molecule has 1 unspecified atom stereocenters. The minimum absolute atomic E-state index is 0.0887. The Morgan fingerprint density at radius 2 is 2.00 bits per heavy atom. The Balaban J connectivity index is 2.27. The summed E-state index contributed by atoms with van der Waals surface area (Å²) in [7, 11) is 0. The van der Waals surface area contributed by atoms with E-state index >= 15 is 0 Å². The topological polar surface area (TPSA) is 20.2 Å². The quantitative estimate of drug-likeness (QED) is 0.857. The summed E-state index contributed by atoms with van der Waals surface area (Å²) in [6.45, 7) is 1.71. The molecule has 0 aliphatic rings. The van der Waals surface area contributed by atoms with Gasteiger partial charge in [0.2, 0.25) is 0 Å². The molecular formula is C15H13BrClFO. The highest BCUT2D eigenvalue weighted by Crippen LogP contribution is 2.28. The Hall–Kier alpha value is -0.900. The maximum Gasteiger partial charge on any atom is 0.142 e. The van der Waals surface area contributed by atoms with E-state index in [0.717, 1.165) is 10.0 Å². The van der Waals surface area contributed by atoms with E-state index in [2.05, 4.69) is 15.9 Å². The van der Waals surface area contributed by atoms with Crippen molar-refractivity contribution in [2.45, 2.75) is 18.9 Å². The molecule has 0 radical (unpaired) electrons. The zero-order valence-corrected chi connectivity index (χ0v) is 12.7. The molecule has 0 aliphatic heterocycles. The molecule has 1 N–H and O–H groups in total. The van der Waals surface area contributed by atoms with Crippen LogP contribution >= 0.6 is 27.5 Å². The van der Waals surface area contributed by atoms with E-state index in [-0.39, 0.29) is 5.02 Å². The zero-order valence-electron chi connectivity index (χ0n) is 10.3. The van der Waals surface area contributed by atoms with Crippen molar-refractivity contribution in [3.63, 3.8) is 0 Å². The minimum atomic E-state index is -1.07. The summed E-state index contributed by atoms with van der Waals surface area (Å²) in [5.41, 5.74) is 0.411. The van der Waals surface area contributed by atoms with Gasteiger partial charge in [-0.1, -0.05) is 45.7 Å². The van der Waals surface area contributed by atoms with Crippen LogP contribution in [0.3, 0.4) is 0 Å². The molecule has 0 spiro atoms. The predicted molar refractivity (Wildman–Crippen MR) is 78.8 cm³/mol. The van der Waals surface area contributed by atoms with E-state index < -0.39 is 11.4 Å². The lowest BCUT2D eigenvalue weighted by Crippen LogP contribution is -2.24. The first-order chi connectivity index (χ1) is 8.88. The lowest BCUT2D eigenvalue weighted by atomic mass is 9.89. The Morgan fingerprint density at radius 1 is 1.26 bits per heavy atom. The van der Waals surface area contributed by atoms with E-state index in [1.54, 1.807) is 13.0 Å². The molecule has 1 atom stereocenters. The third kappa shape index (κ3) is 3.56. The molecule has 0 saturated carbocycles. The molecule has 1 nitrogen and oxygen atoms in total. The second kappa shape index (κ2) is 5.61. The van der Waals surface area contributed by atoms with Gasteiger partial charge in [-0.05, 0) is 42.3 Å². The second-order valence-electron chi connectivity index (χ2n) is 4.71. The van der Waals surface area contributed by atoms with Gasteiger partial charge in [0.1, 0.15) is 5.82 Å². The lowest BCUT2D eigenvalue weighted by molar-refractivity contribution is 0.0575. The van der Waals surface area contributed by atoms with E-state index in [9.17, 15) is 9.50 Å². The third-order valence-electron chi connectivity index (χ3n) is 2.98. The Labute approximate surface area is 125 Å². The normalized spacial score (nSPS) is 14.2. The molecule has 0 aromatic heterocycles. The fourth-order valence-electron chi connectivity index (χ4n) is 1.97. The van der Waals surface area contributed by atoms with Gasteiger partial charge in [-0.25, -0.2) is 4.39 Å². The Kier molecular flexibility index (Phi) is 4.29. The minimum Gasteiger partial charge on any atom is -0.385 e. The number of aliphatic hydroxyl groups is 1. The Morgan fingerprint density at radius 3 is 2.63 bits per heavy atom. The molecule has 2 aromatic rings. The molecule has 19 heavy (non-hydrogen) atoms. The average molecular weight is 344 g/mol. The number of benzene rings is 2. The predicted octanol–water partition coefficient (Wildman–Crippen LogP) is 4.69. The fraction of sp³-hybridized carbons (Fsp3) is 0.200. The second-order valence-corrected chi connectivity index (χ2v) is 6.03. The van der Waals surface area contributed by atoms with Crippen molar-refractivity contribution < 1.29 is 9.50 Å². The smallest absolute Gasteiger partial charge is 0.142 e. The van der Waals surface area contributed by atoms with Crippen molar-refractivity contribution in [1.82, 2.24) is 0 Å². The van der Waals surface area contributed by atoms with Crippen molar-refractivity contribution in [2.24, 2.45) is 0 Å².